The number of aromatic nitrogens is 2. The van der Waals surface area contributed by atoms with Gasteiger partial charge in [-0.1, -0.05) is 11.6 Å². The van der Waals surface area contributed by atoms with E-state index in [0.717, 1.165) is 0 Å². The first-order chi connectivity index (χ1) is 5.27. The number of nitrogens with zero attached hydrogens (tertiary/aromatic N) is 3. The Hall–Kier alpha value is -1.34. The molecule has 0 saturated heterocycles. The summed E-state index contributed by atoms with van der Waals surface area (Å²) in [5, 5.41) is 0.117. The van der Waals surface area contributed by atoms with Crippen LogP contribution in [0, 0.1) is 6.57 Å². The Balaban J connectivity index is 3.12. The minimum absolute atomic E-state index is 0.117. The third-order valence-corrected chi connectivity index (χ3v) is 1.28. The lowest BCUT2D eigenvalue weighted by Crippen LogP contribution is -1.90. The third-order valence-electron chi connectivity index (χ3n) is 1.01. The van der Waals surface area contributed by atoms with Crippen LogP contribution in [0.3, 0.4) is 0 Å². The van der Waals surface area contributed by atoms with Crippen LogP contribution in [0.2, 0.25) is 5.15 Å². The van der Waals surface area contributed by atoms with Crippen molar-refractivity contribution >= 4 is 17.3 Å². The molecule has 0 atom stereocenters. The fourth-order valence-electron chi connectivity index (χ4n) is 0.513. The maximum absolute atomic E-state index is 6.63. The van der Waals surface area contributed by atoms with Crippen molar-refractivity contribution in [3.63, 3.8) is 0 Å². The summed E-state index contributed by atoms with van der Waals surface area (Å²) in [4.78, 5) is 10.5. The zero-order chi connectivity index (χ0) is 8.27. The van der Waals surface area contributed by atoms with E-state index in [0.29, 0.717) is 0 Å². The molecule has 0 aromatic carbocycles. The maximum Gasteiger partial charge on any atom is 0.314 e. The highest BCUT2D eigenvalue weighted by Gasteiger charge is 2.03. The Kier molecular flexibility index (Phi) is 2.24. The largest absolute Gasteiger partial charge is 0.467 e. The van der Waals surface area contributed by atoms with Crippen LogP contribution in [0.1, 0.15) is 0 Å². The quantitative estimate of drug-likeness (QED) is 0.475. The second kappa shape index (κ2) is 3.17. The fraction of sp³-hybridized carbons (Fsp3) is 0.167. The lowest BCUT2D eigenvalue weighted by molar-refractivity contribution is 0.380. The topological polar surface area (TPSA) is 39.4 Å². The lowest BCUT2D eigenvalue weighted by atomic mass is 10.6. The summed E-state index contributed by atoms with van der Waals surface area (Å²) >= 11 is 5.56. The molecule has 1 aromatic heterocycles. The SMILES string of the molecule is [C-]#[N+]c1cnc(OC)nc1Cl. The minimum Gasteiger partial charge on any atom is -0.467 e. The Morgan fingerprint density at radius 3 is 2.91 bits per heavy atom. The van der Waals surface area contributed by atoms with Crippen molar-refractivity contribution in [3.8, 4) is 6.01 Å². The molecule has 11 heavy (non-hydrogen) atoms. The van der Waals surface area contributed by atoms with Gasteiger partial charge < -0.3 is 4.74 Å². The van der Waals surface area contributed by atoms with Crippen LogP contribution in [0.4, 0.5) is 5.69 Å². The minimum atomic E-state index is 0.117. The smallest absolute Gasteiger partial charge is 0.314 e. The van der Waals surface area contributed by atoms with Crippen molar-refractivity contribution in [3.05, 3.63) is 22.8 Å². The van der Waals surface area contributed by atoms with Crippen molar-refractivity contribution in [2.45, 2.75) is 0 Å². The predicted molar refractivity (Wildman–Crippen MR) is 39.9 cm³/mol. The number of methoxy groups -OCH3 is 1. The van der Waals surface area contributed by atoms with Gasteiger partial charge in [-0.25, -0.2) is 9.83 Å². The van der Waals surface area contributed by atoms with Gasteiger partial charge >= 0.3 is 6.01 Å². The normalized spacial score (nSPS) is 8.82. The first-order valence-corrected chi connectivity index (χ1v) is 3.09. The summed E-state index contributed by atoms with van der Waals surface area (Å²) in [7, 11) is 1.43. The second-order valence-corrected chi connectivity index (χ2v) is 2.00. The van der Waals surface area contributed by atoms with Crippen LogP contribution in [-0.4, -0.2) is 17.1 Å². The van der Waals surface area contributed by atoms with Gasteiger partial charge in [-0.2, -0.15) is 4.98 Å². The van der Waals surface area contributed by atoms with E-state index in [2.05, 4.69) is 19.5 Å². The summed E-state index contributed by atoms with van der Waals surface area (Å²) < 4.78 is 4.68. The number of ether oxygens (including phenoxy) is 1. The van der Waals surface area contributed by atoms with Crippen molar-refractivity contribution < 1.29 is 4.74 Å². The van der Waals surface area contributed by atoms with Crippen molar-refractivity contribution in [2.75, 3.05) is 7.11 Å². The lowest BCUT2D eigenvalue weighted by Gasteiger charge is -1.97. The van der Waals surface area contributed by atoms with E-state index >= 15 is 0 Å². The van der Waals surface area contributed by atoms with Crippen LogP contribution in [0.25, 0.3) is 4.85 Å². The van der Waals surface area contributed by atoms with Gasteiger partial charge in [0.1, 0.15) is 5.15 Å². The molecule has 1 rings (SSSR count). The highest BCUT2D eigenvalue weighted by molar-refractivity contribution is 6.32. The van der Waals surface area contributed by atoms with Crippen LogP contribution < -0.4 is 4.74 Å². The van der Waals surface area contributed by atoms with Gasteiger partial charge in [0.2, 0.25) is 5.69 Å². The average molecular weight is 170 g/mol. The van der Waals surface area contributed by atoms with Gasteiger partial charge in [0.25, 0.3) is 0 Å². The molecule has 0 radical (unpaired) electrons. The van der Waals surface area contributed by atoms with Crippen LogP contribution >= 0.6 is 11.6 Å². The molecule has 0 unspecified atom stereocenters. The van der Waals surface area contributed by atoms with Gasteiger partial charge in [0.15, 0.2) is 0 Å². The van der Waals surface area contributed by atoms with E-state index in [4.69, 9.17) is 18.2 Å². The standard InChI is InChI=1S/C6H4ClN3O/c1-8-4-3-9-6(11-2)10-5(4)7/h3H,2H3. The van der Waals surface area contributed by atoms with E-state index in [1.54, 1.807) is 0 Å². The van der Waals surface area contributed by atoms with E-state index in [-0.39, 0.29) is 16.9 Å². The van der Waals surface area contributed by atoms with Gasteiger partial charge in [0.05, 0.1) is 13.7 Å². The Morgan fingerprint density at radius 2 is 2.45 bits per heavy atom. The van der Waals surface area contributed by atoms with Crippen LogP contribution in [-0.2, 0) is 0 Å². The monoisotopic (exact) mass is 169 g/mol. The molecular formula is C6H4ClN3O. The van der Waals surface area contributed by atoms with E-state index in [9.17, 15) is 0 Å². The molecule has 5 heteroatoms. The Labute approximate surface area is 68.6 Å². The Morgan fingerprint density at radius 1 is 1.73 bits per heavy atom. The number of rotatable bonds is 1. The summed E-state index contributed by atoms with van der Waals surface area (Å²) in [5.41, 5.74) is 0.229. The Bertz CT molecular complexity index is 307. The highest BCUT2D eigenvalue weighted by atomic mass is 35.5. The summed E-state index contributed by atoms with van der Waals surface area (Å²) in [6.07, 6.45) is 1.32. The maximum atomic E-state index is 6.63. The van der Waals surface area contributed by atoms with E-state index < -0.39 is 0 Å². The highest BCUT2D eigenvalue weighted by Crippen LogP contribution is 2.22. The van der Waals surface area contributed by atoms with Gasteiger partial charge in [-0.3, -0.25) is 0 Å². The molecule has 0 bridgehead atoms. The predicted octanol–water partition coefficient (Wildman–Crippen LogP) is 1.69. The molecule has 4 nitrogen and oxygen atoms in total. The van der Waals surface area contributed by atoms with Crippen molar-refractivity contribution in [2.24, 2.45) is 0 Å². The molecular weight excluding hydrogens is 166 g/mol. The molecule has 0 N–H and O–H groups in total. The van der Waals surface area contributed by atoms with Gasteiger partial charge in [0, 0.05) is 6.20 Å². The van der Waals surface area contributed by atoms with E-state index in [1.807, 2.05) is 0 Å². The number of halogens is 1. The zero-order valence-corrected chi connectivity index (χ0v) is 6.46. The molecule has 0 aliphatic rings. The van der Waals surface area contributed by atoms with Crippen LogP contribution in [0.5, 0.6) is 6.01 Å². The second-order valence-electron chi connectivity index (χ2n) is 1.64. The van der Waals surface area contributed by atoms with Crippen molar-refractivity contribution in [1.29, 1.82) is 0 Å². The van der Waals surface area contributed by atoms with Gasteiger partial charge in [-0.15, -0.1) is 0 Å². The zero-order valence-electron chi connectivity index (χ0n) is 5.71. The fourth-order valence-corrected chi connectivity index (χ4v) is 0.676. The first kappa shape index (κ1) is 7.76. The molecule has 0 aliphatic heterocycles. The summed E-state index contributed by atoms with van der Waals surface area (Å²) in [5.74, 6) is 0. The van der Waals surface area contributed by atoms with E-state index in [1.165, 1.54) is 13.3 Å². The molecule has 0 amide bonds. The third kappa shape index (κ3) is 1.57. The summed E-state index contributed by atoms with van der Waals surface area (Å²) in [6.45, 7) is 6.63. The molecule has 0 saturated carbocycles. The molecule has 56 valence electrons. The molecule has 0 spiro atoms. The van der Waals surface area contributed by atoms with Crippen molar-refractivity contribution in [1.82, 2.24) is 9.97 Å². The molecule has 1 aromatic rings. The van der Waals surface area contributed by atoms with Crippen LogP contribution in [0.15, 0.2) is 6.20 Å². The average Bonchev–Trinajstić information content (AvgIpc) is 2.04. The first-order valence-electron chi connectivity index (χ1n) is 2.72. The van der Waals surface area contributed by atoms with Gasteiger partial charge in [-0.05, 0) is 0 Å². The molecule has 1 heterocycles. The number of hydrogen-bond acceptors (Lipinski definition) is 3. The number of hydrogen-bond donors (Lipinski definition) is 0. The molecule has 0 aliphatic carbocycles. The summed E-state index contributed by atoms with van der Waals surface area (Å²) in [6, 6.07) is 0.169. The molecule has 0 fully saturated rings.